The van der Waals surface area contributed by atoms with Gasteiger partial charge in [0.15, 0.2) is 5.52 Å². The summed E-state index contributed by atoms with van der Waals surface area (Å²) in [5.74, 6) is 0. The maximum Gasteiger partial charge on any atom is 0.264 e. The van der Waals surface area contributed by atoms with Crippen LogP contribution in [0, 0.1) is 0 Å². The first-order valence-corrected chi connectivity index (χ1v) is 7.42. The fraction of sp³-hybridized carbons (Fsp3) is 0. The van der Waals surface area contributed by atoms with E-state index in [0.717, 1.165) is 0 Å². The summed E-state index contributed by atoms with van der Waals surface area (Å²) in [5.41, 5.74) is 0.923. The van der Waals surface area contributed by atoms with E-state index < -0.39 is 10.0 Å². The minimum atomic E-state index is -3.80. The van der Waals surface area contributed by atoms with Gasteiger partial charge < -0.3 is 0 Å². The van der Waals surface area contributed by atoms with E-state index in [2.05, 4.69) is 19.7 Å². The quantitative estimate of drug-likeness (QED) is 0.804. The van der Waals surface area contributed by atoms with Crippen molar-refractivity contribution in [3.8, 4) is 0 Å². The van der Waals surface area contributed by atoms with Crippen molar-refractivity contribution in [2.75, 3.05) is 4.72 Å². The number of sulfonamides is 1. The molecule has 0 aliphatic rings. The highest BCUT2D eigenvalue weighted by molar-refractivity contribution is 7.93. The van der Waals surface area contributed by atoms with Gasteiger partial charge in [-0.1, -0.05) is 23.7 Å². The molecule has 2 aromatic carbocycles. The van der Waals surface area contributed by atoms with Crippen LogP contribution in [0.25, 0.3) is 11.0 Å². The van der Waals surface area contributed by atoms with Crippen LogP contribution in [0.1, 0.15) is 0 Å². The maximum absolute atomic E-state index is 12.4. The van der Waals surface area contributed by atoms with Gasteiger partial charge in [-0.15, -0.1) is 0 Å². The molecule has 0 unspecified atom stereocenters. The van der Waals surface area contributed by atoms with E-state index >= 15 is 0 Å². The number of benzene rings is 2. The Labute approximate surface area is 119 Å². The highest BCUT2D eigenvalue weighted by atomic mass is 35.5. The third-order valence-corrected chi connectivity index (χ3v) is 4.26. The lowest BCUT2D eigenvalue weighted by atomic mass is 10.3. The zero-order chi connectivity index (χ0) is 14.2. The van der Waals surface area contributed by atoms with Crippen LogP contribution in [0.4, 0.5) is 5.69 Å². The molecule has 0 atom stereocenters. The number of fused-ring (bicyclic) bond motifs is 1. The van der Waals surface area contributed by atoms with Crippen LogP contribution < -0.4 is 4.72 Å². The Morgan fingerprint density at radius 1 is 1.10 bits per heavy atom. The Hall–Kier alpha value is -2.12. The van der Waals surface area contributed by atoms with Gasteiger partial charge in [-0.05, 0) is 40.6 Å². The molecule has 1 heterocycles. The second-order valence-corrected chi connectivity index (χ2v) is 6.09. The summed E-state index contributed by atoms with van der Waals surface area (Å²) < 4.78 is 31.7. The number of anilines is 1. The maximum atomic E-state index is 12.4. The lowest BCUT2D eigenvalue weighted by Gasteiger charge is -2.08. The Bertz CT molecular complexity index is 876. The Morgan fingerprint density at radius 2 is 1.90 bits per heavy atom. The molecule has 0 radical (unpaired) electrons. The lowest BCUT2D eigenvalue weighted by Crippen LogP contribution is -2.13. The largest absolute Gasteiger partial charge is 0.280 e. The van der Waals surface area contributed by atoms with Crippen LogP contribution in [0.3, 0.4) is 0 Å². The third-order valence-electron chi connectivity index (χ3n) is 2.62. The summed E-state index contributed by atoms with van der Waals surface area (Å²) in [7, 11) is -3.80. The summed E-state index contributed by atoms with van der Waals surface area (Å²) in [6.45, 7) is 0. The first-order valence-electron chi connectivity index (χ1n) is 5.56. The molecule has 8 heteroatoms. The number of hydrogen-bond acceptors (Lipinski definition) is 5. The van der Waals surface area contributed by atoms with E-state index in [1.54, 1.807) is 30.3 Å². The van der Waals surface area contributed by atoms with E-state index in [1.165, 1.54) is 12.1 Å². The van der Waals surface area contributed by atoms with Crippen molar-refractivity contribution < 1.29 is 13.0 Å². The average Bonchev–Trinajstić information content (AvgIpc) is 2.85. The molecule has 0 aliphatic heterocycles. The summed E-state index contributed by atoms with van der Waals surface area (Å²) in [6.07, 6.45) is 0. The first-order chi connectivity index (χ1) is 9.56. The molecule has 20 heavy (non-hydrogen) atoms. The molecule has 3 aromatic rings. The highest BCUT2D eigenvalue weighted by Crippen LogP contribution is 2.23. The molecule has 0 bridgehead atoms. The van der Waals surface area contributed by atoms with E-state index in [4.69, 9.17) is 11.6 Å². The lowest BCUT2D eigenvalue weighted by molar-refractivity contribution is 0.315. The summed E-state index contributed by atoms with van der Waals surface area (Å²) in [4.78, 5) is -0.00349. The fourth-order valence-corrected chi connectivity index (χ4v) is 3.15. The number of hydrogen-bond donors (Lipinski definition) is 1. The van der Waals surface area contributed by atoms with E-state index in [-0.39, 0.29) is 10.4 Å². The van der Waals surface area contributed by atoms with Crippen molar-refractivity contribution in [3.63, 3.8) is 0 Å². The molecule has 0 saturated carbocycles. The van der Waals surface area contributed by atoms with Crippen molar-refractivity contribution in [1.82, 2.24) is 10.3 Å². The molecule has 0 saturated heterocycles. The normalized spacial score (nSPS) is 11.7. The van der Waals surface area contributed by atoms with E-state index in [0.29, 0.717) is 16.2 Å². The SMILES string of the molecule is O=S(=O)(Nc1cccc(Cl)c1)c1cccc2nonc12. The zero-order valence-electron chi connectivity index (χ0n) is 9.95. The Kier molecular flexibility index (Phi) is 3.07. The molecule has 102 valence electrons. The summed E-state index contributed by atoms with van der Waals surface area (Å²) in [6, 6.07) is 11.0. The summed E-state index contributed by atoms with van der Waals surface area (Å²) in [5, 5.41) is 7.66. The Morgan fingerprint density at radius 3 is 2.70 bits per heavy atom. The van der Waals surface area contributed by atoms with Gasteiger partial charge in [-0.3, -0.25) is 4.72 Å². The summed E-state index contributed by atoms with van der Waals surface area (Å²) >= 11 is 5.83. The monoisotopic (exact) mass is 309 g/mol. The molecule has 3 rings (SSSR count). The van der Waals surface area contributed by atoms with Crippen molar-refractivity contribution in [1.29, 1.82) is 0 Å². The van der Waals surface area contributed by atoms with Crippen molar-refractivity contribution >= 4 is 38.3 Å². The second-order valence-electron chi connectivity index (χ2n) is 4.00. The van der Waals surface area contributed by atoms with E-state index in [9.17, 15) is 8.42 Å². The minimum Gasteiger partial charge on any atom is -0.280 e. The predicted molar refractivity (Wildman–Crippen MR) is 74.1 cm³/mol. The number of rotatable bonds is 3. The molecule has 0 aliphatic carbocycles. The smallest absolute Gasteiger partial charge is 0.264 e. The predicted octanol–water partition coefficient (Wildman–Crippen LogP) is 2.68. The number of nitrogens with one attached hydrogen (secondary N) is 1. The van der Waals surface area contributed by atoms with Gasteiger partial charge in [0, 0.05) is 5.02 Å². The number of nitrogens with zero attached hydrogens (tertiary/aromatic N) is 2. The van der Waals surface area contributed by atoms with Gasteiger partial charge in [0.05, 0.1) is 5.69 Å². The third kappa shape index (κ3) is 2.33. The van der Waals surface area contributed by atoms with Gasteiger partial charge in [-0.2, -0.15) is 0 Å². The Balaban J connectivity index is 2.06. The van der Waals surface area contributed by atoms with Crippen molar-refractivity contribution in [2.24, 2.45) is 0 Å². The van der Waals surface area contributed by atoms with Gasteiger partial charge in [-0.25, -0.2) is 13.0 Å². The van der Waals surface area contributed by atoms with E-state index in [1.807, 2.05) is 0 Å². The van der Waals surface area contributed by atoms with Gasteiger partial charge in [0.25, 0.3) is 10.0 Å². The molecule has 0 amide bonds. The molecule has 0 fully saturated rings. The zero-order valence-corrected chi connectivity index (χ0v) is 11.5. The van der Waals surface area contributed by atoms with Crippen LogP contribution in [-0.4, -0.2) is 18.7 Å². The van der Waals surface area contributed by atoms with Crippen molar-refractivity contribution in [3.05, 3.63) is 47.5 Å². The van der Waals surface area contributed by atoms with Crippen molar-refractivity contribution in [2.45, 2.75) is 4.90 Å². The molecular weight excluding hydrogens is 302 g/mol. The van der Waals surface area contributed by atoms with Crippen LogP contribution in [-0.2, 0) is 10.0 Å². The van der Waals surface area contributed by atoms with Gasteiger partial charge in [0.1, 0.15) is 10.4 Å². The minimum absolute atomic E-state index is 0.00349. The van der Waals surface area contributed by atoms with Crippen LogP contribution >= 0.6 is 11.6 Å². The number of halogens is 1. The standard InChI is InChI=1S/C12H8ClN3O3S/c13-8-3-1-4-9(7-8)16-20(17,18)11-6-2-5-10-12(11)15-19-14-10/h1-7,16H. The van der Waals surface area contributed by atoms with Crippen LogP contribution in [0.5, 0.6) is 0 Å². The topological polar surface area (TPSA) is 85.1 Å². The highest BCUT2D eigenvalue weighted by Gasteiger charge is 2.20. The second kappa shape index (κ2) is 4.77. The van der Waals surface area contributed by atoms with Crippen LogP contribution in [0.2, 0.25) is 5.02 Å². The molecule has 0 spiro atoms. The molecule has 1 N–H and O–H groups in total. The van der Waals surface area contributed by atoms with Crippen LogP contribution in [0.15, 0.2) is 52.0 Å². The molecule has 1 aromatic heterocycles. The first kappa shape index (κ1) is 12.9. The molecule has 6 nitrogen and oxygen atoms in total. The molecular formula is C12H8ClN3O3S. The van der Waals surface area contributed by atoms with Gasteiger partial charge >= 0.3 is 0 Å². The van der Waals surface area contributed by atoms with Gasteiger partial charge in [0.2, 0.25) is 0 Å². The average molecular weight is 310 g/mol. The fourth-order valence-electron chi connectivity index (χ4n) is 1.76. The number of aromatic nitrogens is 2.